The number of ether oxygens (including phenoxy) is 1. The molecule has 1 heterocycles. The molecule has 28 heavy (non-hydrogen) atoms. The third-order valence-corrected chi connectivity index (χ3v) is 6.37. The number of hydrogen-bond donors (Lipinski definition) is 1. The van der Waals surface area contributed by atoms with Crippen LogP contribution in [0.25, 0.3) is 0 Å². The van der Waals surface area contributed by atoms with Crippen LogP contribution in [-0.4, -0.2) is 18.5 Å². The van der Waals surface area contributed by atoms with Crippen LogP contribution in [0.15, 0.2) is 30.3 Å². The van der Waals surface area contributed by atoms with Gasteiger partial charge in [-0.2, -0.15) is 5.26 Å². The minimum atomic E-state index is -0.547. The average molecular weight is 397 g/mol. The predicted octanol–water partition coefficient (Wildman–Crippen LogP) is 4.57. The Balaban J connectivity index is 1.66. The molecule has 1 aromatic carbocycles. The van der Waals surface area contributed by atoms with Crippen LogP contribution >= 0.6 is 11.3 Å². The Morgan fingerprint density at radius 3 is 2.64 bits per heavy atom. The fraction of sp³-hybridized carbons (Fsp3) is 0.409. The van der Waals surface area contributed by atoms with Crippen molar-refractivity contribution in [3.05, 3.63) is 51.9 Å². The molecule has 0 unspecified atom stereocenters. The van der Waals surface area contributed by atoms with Crippen LogP contribution in [-0.2, 0) is 22.4 Å². The first-order chi connectivity index (χ1) is 13.3. The van der Waals surface area contributed by atoms with E-state index < -0.39 is 11.9 Å². The number of rotatable bonds is 4. The summed E-state index contributed by atoms with van der Waals surface area (Å²) >= 11 is 1.47. The molecule has 0 aliphatic heterocycles. The van der Waals surface area contributed by atoms with E-state index in [4.69, 9.17) is 4.74 Å². The third kappa shape index (κ3) is 4.42. The maximum Gasteiger partial charge on any atom is 0.338 e. The second-order valence-corrected chi connectivity index (χ2v) is 9.22. The molecule has 0 bridgehead atoms. The number of hydrogen-bond acceptors (Lipinski definition) is 5. The SMILES string of the molecule is CC(C)(C)[C@H]1CCc2c(sc(NC(=O)COC(=O)c3ccccc3)c2C#N)C1. The molecule has 0 saturated carbocycles. The smallest absolute Gasteiger partial charge is 0.338 e. The molecule has 3 rings (SSSR count). The van der Waals surface area contributed by atoms with Gasteiger partial charge in [0, 0.05) is 4.88 Å². The number of benzene rings is 1. The number of thiophene rings is 1. The number of nitrogens with one attached hydrogen (secondary N) is 1. The molecule has 1 aliphatic carbocycles. The molecule has 146 valence electrons. The van der Waals surface area contributed by atoms with Crippen molar-refractivity contribution in [1.82, 2.24) is 0 Å². The van der Waals surface area contributed by atoms with Crippen molar-refractivity contribution in [2.24, 2.45) is 11.3 Å². The van der Waals surface area contributed by atoms with Gasteiger partial charge < -0.3 is 10.1 Å². The van der Waals surface area contributed by atoms with E-state index in [0.29, 0.717) is 22.0 Å². The summed E-state index contributed by atoms with van der Waals surface area (Å²) in [7, 11) is 0. The summed E-state index contributed by atoms with van der Waals surface area (Å²) in [5, 5.41) is 12.9. The van der Waals surface area contributed by atoms with Crippen LogP contribution in [0.2, 0.25) is 0 Å². The van der Waals surface area contributed by atoms with Crippen molar-refractivity contribution in [2.75, 3.05) is 11.9 Å². The minimum absolute atomic E-state index is 0.212. The lowest BCUT2D eigenvalue weighted by molar-refractivity contribution is -0.119. The zero-order valence-electron chi connectivity index (χ0n) is 16.4. The van der Waals surface area contributed by atoms with Gasteiger partial charge in [-0.25, -0.2) is 4.79 Å². The van der Waals surface area contributed by atoms with Crippen molar-refractivity contribution >= 4 is 28.2 Å². The molecule has 6 heteroatoms. The van der Waals surface area contributed by atoms with Gasteiger partial charge in [-0.3, -0.25) is 4.79 Å². The lowest BCUT2D eigenvalue weighted by Gasteiger charge is -2.33. The molecule has 0 saturated heterocycles. The maximum absolute atomic E-state index is 12.3. The van der Waals surface area contributed by atoms with Gasteiger partial charge in [-0.15, -0.1) is 11.3 Å². The third-order valence-electron chi connectivity index (χ3n) is 5.20. The molecule has 0 spiro atoms. The highest BCUT2D eigenvalue weighted by Crippen LogP contribution is 2.43. The highest BCUT2D eigenvalue weighted by atomic mass is 32.1. The predicted molar refractivity (Wildman–Crippen MR) is 109 cm³/mol. The fourth-order valence-corrected chi connectivity index (χ4v) is 4.78. The van der Waals surface area contributed by atoms with Gasteiger partial charge in [-0.1, -0.05) is 39.0 Å². The van der Waals surface area contributed by atoms with Crippen molar-refractivity contribution in [3.8, 4) is 6.07 Å². The summed E-state index contributed by atoms with van der Waals surface area (Å²) < 4.78 is 5.07. The Labute approximate surface area is 169 Å². The lowest BCUT2D eigenvalue weighted by Crippen LogP contribution is -2.26. The molecule has 0 radical (unpaired) electrons. The van der Waals surface area contributed by atoms with Gasteiger partial charge >= 0.3 is 5.97 Å². The molecule has 1 aliphatic rings. The lowest BCUT2D eigenvalue weighted by atomic mass is 9.72. The molecule has 1 amide bonds. The largest absolute Gasteiger partial charge is 0.452 e. The van der Waals surface area contributed by atoms with Crippen molar-refractivity contribution in [3.63, 3.8) is 0 Å². The zero-order chi connectivity index (χ0) is 20.3. The zero-order valence-corrected chi connectivity index (χ0v) is 17.2. The summed E-state index contributed by atoms with van der Waals surface area (Å²) in [4.78, 5) is 25.4. The highest BCUT2D eigenvalue weighted by molar-refractivity contribution is 7.16. The first-order valence-electron chi connectivity index (χ1n) is 9.36. The Bertz CT molecular complexity index is 920. The van der Waals surface area contributed by atoms with Crippen LogP contribution in [0.4, 0.5) is 5.00 Å². The van der Waals surface area contributed by atoms with E-state index in [1.54, 1.807) is 30.3 Å². The molecule has 2 aromatic rings. The quantitative estimate of drug-likeness (QED) is 0.768. The van der Waals surface area contributed by atoms with Crippen LogP contribution < -0.4 is 5.32 Å². The molecular formula is C22H24N2O3S. The minimum Gasteiger partial charge on any atom is -0.452 e. The van der Waals surface area contributed by atoms with E-state index in [1.165, 1.54) is 16.2 Å². The summed E-state index contributed by atoms with van der Waals surface area (Å²) in [6.45, 7) is 6.34. The monoisotopic (exact) mass is 396 g/mol. The summed E-state index contributed by atoms with van der Waals surface area (Å²) in [6.07, 6.45) is 2.83. The molecular weight excluding hydrogens is 372 g/mol. The van der Waals surface area contributed by atoms with E-state index in [-0.39, 0.29) is 12.0 Å². The van der Waals surface area contributed by atoms with Gasteiger partial charge in [0.1, 0.15) is 11.1 Å². The van der Waals surface area contributed by atoms with Gasteiger partial charge in [0.05, 0.1) is 11.1 Å². The number of amides is 1. The van der Waals surface area contributed by atoms with Crippen LogP contribution in [0.5, 0.6) is 0 Å². The van der Waals surface area contributed by atoms with Crippen molar-refractivity contribution in [1.29, 1.82) is 5.26 Å². The number of carbonyl (C=O) groups is 2. The summed E-state index contributed by atoms with van der Waals surface area (Å²) in [6, 6.07) is 10.8. The van der Waals surface area contributed by atoms with Gasteiger partial charge in [-0.05, 0) is 48.3 Å². The van der Waals surface area contributed by atoms with E-state index in [9.17, 15) is 14.9 Å². The second-order valence-electron chi connectivity index (χ2n) is 8.12. The Morgan fingerprint density at radius 2 is 2.00 bits per heavy atom. The van der Waals surface area contributed by atoms with Crippen molar-refractivity contribution in [2.45, 2.75) is 40.0 Å². The number of fused-ring (bicyclic) bond motifs is 1. The van der Waals surface area contributed by atoms with E-state index in [2.05, 4.69) is 32.2 Å². The van der Waals surface area contributed by atoms with Gasteiger partial charge in [0.15, 0.2) is 6.61 Å². The van der Waals surface area contributed by atoms with Crippen LogP contribution in [0.3, 0.4) is 0 Å². The molecule has 1 atom stereocenters. The van der Waals surface area contributed by atoms with Crippen molar-refractivity contribution < 1.29 is 14.3 Å². The Kier molecular flexibility index (Phi) is 5.85. The fourth-order valence-electron chi connectivity index (χ4n) is 3.48. The Morgan fingerprint density at radius 1 is 1.29 bits per heavy atom. The van der Waals surface area contributed by atoms with E-state index in [0.717, 1.165) is 24.8 Å². The van der Waals surface area contributed by atoms with E-state index in [1.807, 2.05) is 0 Å². The topological polar surface area (TPSA) is 79.2 Å². The number of esters is 1. The Hall–Kier alpha value is -2.65. The number of anilines is 1. The average Bonchev–Trinajstić information content (AvgIpc) is 3.02. The number of carbonyl (C=O) groups excluding carboxylic acids is 2. The normalized spacial score (nSPS) is 16.0. The van der Waals surface area contributed by atoms with Gasteiger partial charge in [0.25, 0.3) is 5.91 Å². The van der Waals surface area contributed by atoms with E-state index >= 15 is 0 Å². The highest BCUT2D eigenvalue weighted by Gasteiger charge is 2.32. The second kappa shape index (κ2) is 8.15. The summed E-state index contributed by atoms with van der Waals surface area (Å²) in [5.74, 6) is -0.429. The first-order valence-corrected chi connectivity index (χ1v) is 10.2. The molecule has 1 N–H and O–H groups in total. The summed E-state index contributed by atoms with van der Waals surface area (Å²) in [5.41, 5.74) is 2.22. The maximum atomic E-state index is 12.3. The number of nitrogens with zero attached hydrogens (tertiary/aromatic N) is 1. The number of nitriles is 1. The van der Waals surface area contributed by atoms with Gasteiger partial charge in [0.2, 0.25) is 0 Å². The molecule has 1 aromatic heterocycles. The molecule has 0 fully saturated rings. The molecule has 5 nitrogen and oxygen atoms in total. The van der Waals surface area contributed by atoms with Crippen LogP contribution in [0.1, 0.15) is 53.6 Å². The standard InChI is InChI=1S/C22H24N2O3S/c1-22(2,3)15-9-10-16-17(12-23)20(28-18(16)11-15)24-19(25)13-27-21(26)14-7-5-4-6-8-14/h4-8,15H,9-11,13H2,1-3H3,(H,24,25)/t15-/m0/s1. The van der Waals surface area contributed by atoms with Crippen LogP contribution in [0, 0.1) is 22.7 Å². The first kappa shape index (κ1) is 20.1.